The molecule has 154 valence electrons. The molecule has 0 atom stereocenters. The van der Waals surface area contributed by atoms with Gasteiger partial charge in [0.2, 0.25) is 0 Å². The standard InChI is InChI=1S/C28H27NOSi/c1-28(2,3)31(25-14-6-4-7-15-25,26-16-8-5-9-17-26)30-21-11-12-23-18-19-27-24(22-23)13-10-20-29-27/h4-10,13-20,22H,21H2,1-3H3. The number of aromatic nitrogens is 1. The summed E-state index contributed by atoms with van der Waals surface area (Å²) in [4.78, 5) is 4.38. The van der Waals surface area contributed by atoms with Gasteiger partial charge in [0.1, 0.15) is 0 Å². The number of hydrogen-bond acceptors (Lipinski definition) is 2. The van der Waals surface area contributed by atoms with E-state index in [1.54, 1.807) is 0 Å². The number of benzene rings is 3. The van der Waals surface area contributed by atoms with E-state index in [2.05, 4.69) is 110 Å². The number of hydrogen-bond donors (Lipinski definition) is 0. The van der Waals surface area contributed by atoms with Crippen LogP contribution in [0.15, 0.2) is 97.2 Å². The highest BCUT2D eigenvalue weighted by molar-refractivity contribution is 6.99. The summed E-state index contributed by atoms with van der Waals surface area (Å²) in [7, 11) is -2.54. The van der Waals surface area contributed by atoms with Crippen LogP contribution in [-0.2, 0) is 4.43 Å². The van der Waals surface area contributed by atoms with Gasteiger partial charge in [-0.15, -0.1) is 0 Å². The molecular weight excluding hydrogens is 394 g/mol. The topological polar surface area (TPSA) is 22.1 Å². The first-order chi connectivity index (χ1) is 15.0. The molecule has 0 saturated heterocycles. The van der Waals surface area contributed by atoms with Crippen molar-refractivity contribution in [2.75, 3.05) is 6.61 Å². The molecule has 4 rings (SSSR count). The summed E-state index contributed by atoms with van der Waals surface area (Å²) in [6.07, 6.45) is 1.81. The Hall–Kier alpha value is -3.19. The van der Waals surface area contributed by atoms with E-state index in [9.17, 15) is 0 Å². The molecule has 0 saturated carbocycles. The van der Waals surface area contributed by atoms with Crippen LogP contribution in [0, 0.1) is 11.8 Å². The molecule has 1 heterocycles. The van der Waals surface area contributed by atoms with Crippen LogP contribution >= 0.6 is 0 Å². The van der Waals surface area contributed by atoms with Crippen molar-refractivity contribution in [2.45, 2.75) is 25.8 Å². The van der Waals surface area contributed by atoms with Crippen LogP contribution in [-0.4, -0.2) is 19.9 Å². The summed E-state index contributed by atoms with van der Waals surface area (Å²) < 4.78 is 6.83. The molecule has 0 aliphatic rings. The fourth-order valence-corrected chi connectivity index (χ4v) is 8.64. The molecule has 0 bridgehead atoms. The van der Waals surface area contributed by atoms with Crippen molar-refractivity contribution in [1.29, 1.82) is 0 Å². The summed E-state index contributed by atoms with van der Waals surface area (Å²) in [6.45, 7) is 7.23. The lowest BCUT2D eigenvalue weighted by atomic mass is 10.1. The molecule has 3 heteroatoms. The van der Waals surface area contributed by atoms with Gasteiger partial charge in [-0.25, -0.2) is 0 Å². The van der Waals surface area contributed by atoms with Crippen molar-refractivity contribution in [2.24, 2.45) is 0 Å². The fraction of sp³-hybridized carbons (Fsp3) is 0.179. The predicted molar refractivity (Wildman–Crippen MR) is 132 cm³/mol. The highest BCUT2D eigenvalue weighted by Crippen LogP contribution is 2.36. The number of pyridine rings is 1. The number of rotatable bonds is 4. The third-order valence-electron chi connectivity index (χ3n) is 5.61. The molecule has 0 aliphatic heterocycles. The van der Waals surface area contributed by atoms with E-state index in [1.165, 1.54) is 10.4 Å². The first-order valence-corrected chi connectivity index (χ1v) is 12.5. The molecule has 0 spiro atoms. The average molecular weight is 422 g/mol. The predicted octanol–water partition coefficient (Wildman–Crippen LogP) is 5.16. The van der Waals surface area contributed by atoms with Crippen molar-refractivity contribution in [3.05, 3.63) is 103 Å². The van der Waals surface area contributed by atoms with E-state index in [0.717, 1.165) is 16.5 Å². The molecule has 31 heavy (non-hydrogen) atoms. The van der Waals surface area contributed by atoms with Crippen LogP contribution in [0.4, 0.5) is 0 Å². The molecule has 0 unspecified atom stereocenters. The van der Waals surface area contributed by atoms with E-state index < -0.39 is 8.32 Å². The van der Waals surface area contributed by atoms with Gasteiger partial charge in [-0.3, -0.25) is 4.98 Å². The zero-order valence-corrected chi connectivity index (χ0v) is 19.3. The Morgan fingerprint density at radius 3 is 2.06 bits per heavy atom. The summed E-state index contributed by atoms with van der Waals surface area (Å²) in [5, 5.41) is 3.59. The first-order valence-electron chi connectivity index (χ1n) is 10.6. The molecule has 4 aromatic rings. The lowest BCUT2D eigenvalue weighted by molar-refractivity contribution is 0.346. The second-order valence-electron chi connectivity index (χ2n) is 8.66. The lowest BCUT2D eigenvalue weighted by Crippen LogP contribution is -2.66. The zero-order chi connectivity index (χ0) is 21.7. The van der Waals surface area contributed by atoms with Gasteiger partial charge in [0, 0.05) is 17.1 Å². The van der Waals surface area contributed by atoms with Gasteiger partial charge >= 0.3 is 0 Å². The highest BCUT2D eigenvalue weighted by atomic mass is 28.4. The maximum absolute atomic E-state index is 6.83. The van der Waals surface area contributed by atoms with Gasteiger partial charge in [0.25, 0.3) is 8.32 Å². The summed E-state index contributed by atoms with van der Waals surface area (Å²) in [5.41, 5.74) is 1.96. The van der Waals surface area contributed by atoms with E-state index in [0.29, 0.717) is 6.61 Å². The van der Waals surface area contributed by atoms with Crippen molar-refractivity contribution in [1.82, 2.24) is 4.98 Å². The minimum Gasteiger partial charge on any atom is -0.396 e. The third-order valence-corrected chi connectivity index (χ3v) is 10.6. The monoisotopic (exact) mass is 421 g/mol. The van der Waals surface area contributed by atoms with E-state index >= 15 is 0 Å². The van der Waals surface area contributed by atoms with Crippen molar-refractivity contribution in [3.8, 4) is 11.8 Å². The van der Waals surface area contributed by atoms with Crippen LogP contribution < -0.4 is 10.4 Å². The van der Waals surface area contributed by atoms with Crippen LogP contribution in [0.3, 0.4) is 0 Å². The van der Waals surface area contributed by atoms with E-state index in [4.69, 9.17) is 4.43 Å². The highest BCUT2D eigenvalue weighted by Gasteiger charge is 2.49. The SMILES string of the molecule is CC(C)(C)[Si](OCC#Cc1ccc2ncccc2c1)(c1ccccc1)c1ccccc1. The first kappa shape index (κ1) is 21.1. The Morgan fingerprint density at radius 2 is 1.45 bits per heavy atom. The molecule has 0 N–H and O–H groups in total. The summed E-state index contributed by atoms with van der Waals surface area (Å²) in [5.74, 6) is 6.56. The molecule has 3 aromatic carbocycles. The molecule has 0 amide bonds. The minimum absolute atomic E-state index is 0.0496. The second-order valence-corrected chi connectivity index (χ2v) is 13.0. The van der Waals surface area contributed by atoms with Crippen molar-refractivity contribution in [3.63, 3.8) is 0 Å². The number of fused-ring (bicyclic) bond motifs is 1. The Morgan fingerprint density at radius 1 is 0.806 bits per heavy atom. The van der Waals surface area contributed by atoms with Crippen molar-refractivity contribution < 1.29 is 4.43 Å². The Kier molecular flexibility index (Phi) is 6.04. The normalized spacial score (nSPS) is 11.7. The van der Waals surface area contributed by atoms with E-state index in [1.807, 2.05) is 24.4 Å². The summed E-state index contributed by atoms with van der Waals surface area (Å²) >= 11 is 0. The molecule has 2 nitrogen and oxygen atoms in total. The Labute approximate surface area is 186 Å². The molecule has 0 aliphatic carbocycles. The average Bonchev–Trinajstić information content (AvgIpc) is 2.79. The smallest absolute Gasteiger partial charge is 0.262 e. The van der Waals surface area contributed by atoms with Crippen LogP contribution in [0.2, 0.25) is 5.04 Å². The molecule has 0 fully saturated rings. The Balaban J connectivity index is 1.68. The van der Waals surface area contributed by atoms with Crippen LogP contribution in [0.25, 0.3) is 10.9 Å². The largest absolute Gasteiger partial charge is 0.396 e. The lowest BCUT2D eigenvalue weighted by Gasteiger charge is -2.42. The van der Waals surface area contributed by atoms with Crippen LogP contribution in [0.1, 0.15) is 26.3 Å². The minimum atomic E-state index is -2.54. The molecular formula is C28H27NOSi. The number of nitrogens with zero attached hydrogens (tertiary/aromatic N) is 1. The fourth-order valence-electron chi connectivity index (χ4n) is 4.20. The Bertz CT molecular complexity index is 1180. The maximum atomic E-state index is 6.83. The van der Waals surface area contributed by atoms with Crippen molar-refractivity contribution >= 4 is 29.6 Å². The third kappa shape index (κ3) is 4.32. The maximum Gasteiger partial charge on any atom is 0.262 e. The van der Waals surface area contributed by atoms with E-state index in [-0.39, 0.29) is 5.04 Å². The van der Waals surface area contributed by atoms with Gasteiger partial charge in [-0.05, 0) is 39.7 Å². The van der Waals surface area contributed by atoms with Gasteiger partial charge in [0.15, 0.2) is 0 Å². The van der Waals surface area contributed by atoms with Gasteiger partial charge < -0.3 is 4.43 Å². The van der Waals surface area contributed by atoms with Gasteiger partial charge in [-0.1, -0.05) is 99.3 Å². The molecule has 0 radical (unpaired) electrons. The quantitative estimate of drug-likeness (QED) is 0.335. The molecule has 1 aromatic heterocycles. The van der Waals surface area contributed by atoms with Gasteiger partial charge in [0.05, 0.1) is 12.1 Å². The van der Waals surface area contributed by atoms with Crippen LogP contribution in [0.5, 0.6) is 0 Å². The summed E-state index contributed by atoms with van der Waals surface area (Å²) in [6, 6.07) is 31.5. The second kappa shape index (κ2) is 8.89. The van der Waals surface area contributed by atoms with Gasteiger partial charge in [-0.2, -0.15) is 0 Å². The zero-order valence-electron chi connectivity index (χ0n) is 18.3.